The maximum Gasteiger partial charge on any atom is 0.191 e. The van der Waals surface area contributed by atoms with Crippen LogP contribution in [0.2, 0.25) is 5.15 Å². The Morgan fingerprint density at radius 1 is 1.00 bits per heavy atom. The molecule has 0 saturated carbocycles. The number of aliphatic imine (C=N–C) groups is 1. The number of hydrogen-bond acceptors (Lipinski definition) is 4. The lowest BCUT2D eigenvalue weighted by Gasteiger charge is -2.32. The second-order valence-electron chi connectivity index (χ2n) is 7.76. The second kappa shape index (κ2) is 13.9. The van der Waals surface area contributed by atoms with Crippen molar-refractivity contribution in [2.45, 2.75) is 26.4 Å². The lowest BCUT2D eigenvalue weighted by Crippen LogP contribution is -2.43. The Kier molecular flexibility index (Phi) is 11.6. The molecule has 3 rings (SSSR count). The molecule has 0 atom stereocenters. The summed E-state index contributed by atoms with van der Waals surface area (Å²) >= 11 is 5.84. The average Bonchev–Trinajstić information content (AvgIpc) is 2.76. The van der Waals surface area contributed by atoms with Crippen molar-refractivity contribution in [3.63, 3.8) is 0 Å². The fourth-order valence-electron chi connectivity index (χ4n) is 3.41. The molecular weight excluding hydrogens is 523 g/mol. The quantitative estimate of drug-likeness (QED) is 0.226. The maximum absolute atomic E-state index is 5.84. The molecular formula is C23H34ClIN6. The van der Waals surface area contributed by atoms with Crippen molar-refractivity contribution in [3.8, 4) is 0 Å². The molecule has 2 N–H and O–H groups in total. The Morgan fingerprint density at radius 3 is 2.32 bits per heavy atom. The van der Waals surface area contributed by atoms with Crippen LogP contribution in [0.1, 0.15) is 23.6 Å². The fraction of sp³-hybridized carbons (Fsp3) is 0.478. The van der Waals surface area contributed by atoms with E-state index < -0.39 is 0 Å². The molecule has 6 nitrogen and oxygen atoms in total. The minimum absolute atomic E-state index is 0. The number of halogens is 2. The third-order valence-electron chi connectivity index (χ3n) is 5.28. The number of pyridine rings is 1. The molecule has 170 valence electrons. The number of aromatic nitrogens is 1. The van der Waals surface area contributed by atoms with Crippen LogP contribution in [-0.4, -0.2) is 67.1 Å². The van der Waals surface area contributed by atoms with Crippen molar-refractivity contribution < 1.29 is 0 Å². The molecule has 1 fully saturated rings. The first-order valence-corrected chi connectivity index (χ1v) is 11.1. The van der Waals surface area contributed by atoms with Crippen LogP contribution in [0.3, 0.4) is 0 Å². The monoisotopic (exact) mass is 556 g/mol. The topological polar surface area (TPSA) is 55.8 Å². The molecule has 1 aliphatic heterocycles. The number of nitrogens with one attached hydrogen (secondary N) is 2. The van der Waals surface area contributed by atoms with Gasteiger partial charge in [-0.3, -0.25) is 4.90 Å². The zero-order valence-corrected chi connectivity index (χ0v) is 21.6. The highest BCUT2D eigenvalue weighted by atomic mass is 127. The van der Waals surface area contributed by atoms with E-state index in [-0.39, 0.29) is 24.0 Å². The summed E-state index contributed by atoms with van der Waals surface area (Å²) < 4.78 is 0. The van der Waals surface area contributed by atoms with E-state index in [0.29, 0.717) is 11.7 Å². The number of likely N-dealkylation sites (N-methyl/N-ethyl adjacent to an activating group) is 1. The van der Waals surface area contributed by atoms with E-state index >= 15 is 0 Å². The normalized spacial score (nSPS) is 15.4. The molecule has 2 aromatic rings. The zero-order valence-electron chi connectivity index (χ0n) is 18.5. The summed E-state index contributed by atoms with van der Waals surface area (Å²) in [5.41, 5.74) is 3.74. The summed E-state index contributed by atoms with van der Waals surface area (Å²) in [5.74, 6) is 0.834. The van der Waals surface area contributed by atoms with Gasteiger partial charge in [-0.1, -0.05) is 41.9 Å². The SMILES string of the molecule is CCNC(=NCc1ccc(CN2CCN(C)CC2)cc1)NCCc1ccc(Cl)nc1.I. The van der Waals surface area contributed by atoms with Gasteiger partial charge in [0.1, 0.15) is 5.15 Å². The van der Waals surface area contributed by atoms with Gasteiger partial charge < -0.3 is 15.5 Å². The first-order chi connectivity index (χ1) is 14.6. The Labute approximate surface area is 208 Å². The van der Waals surface area contributed by atoms with Gasteiger partial charge >= 0.3 is 0 Å². The Balaban J connectivity index is 0.00000341. The van der Waals surface area contributed by atoms with Crippen LogP contribution in [0.25, 0.3) is 0 Å². The largest absolute Gasteiger partial charge is 0.357 e. The summed E-state index contributed by atoms with van der Waals surface area (Å²) in [6, 6.07) is 12.7. The molecule has 1 saturated heterocycles. The molecule has 0 bridgehead atoms. The number of piperazine rings is 1. The Morgan fingerprint density at radius 2 is 1.68 bits per heavy atom. The van der Waals surface area contributed by atoms with Crippen molar-refractivity contribution >= 4 is 41.5 Å². The van der Waals surface area contributed by atoms with E-state index in [1.807, 2.05) is 18.3 Å². The maximum atomic E-state index is 5.84. The van der Waals surface area contributed by atoms with Crippen molar-refractivity contribution in [2.75, 3.05) is 46.3 Å². The van der Waals surface area contributed by atoms with Crippen LogP contribution in [0.15, 0.2) is 47.6 Å². The summed E-state index contributed by atoms with van der Waals surface area (Å²) in [7, 11) is 2.19. The lowest BCUT2D eigenvalue weighted by atomic mass is 10.1. The second-order valence-corrected chi connectivity index (χ2v) is 8.14. The first kappa shape index (κ1) is 25.8. The minimum atomic E-state index is 0. The summed E-state index contributed by atoms with van der Waals surface area (Å²) in [5, 5.41) is 7.22. The van der Waals surface area contributed by atoms with Gasteiger partial charge in [-0.15, -0.1) is 24.0 Å². The fourth-order valence-corrected chi connectivity index (χ4v) is 3.52. The zero-order chi connectivity index (χ0) is 21.2. The van der Waals surface area contributed by atoms with Crippen LogP contribution in [0.4, 0.5) is 0 Å². The van der Waals surface area contributed by atoms with Gasteiger partial charge in [0.2, 0.25) is 0 Å². The van der Waals surface area contributed by atoms with E-state index in [9.17, 15) is 0 Å². The number of benzene rings is 1. The van der Waals surface area contributed by atoms with Crippen LogP contribution in [-0.2, 0) is 19.5 Å². The highest BCUT2D eigenvalue weighted by Crippen LogP contribution is 2.10. The number of nitrogens with zero attached hydrogens (tertiary/aromatic N) is 4. The van der Waals surface area contributed by atoms with Crippen LogP contribution >= 0.6 is 35.6 Å². The molecule has 0 unspecified atom stereocenters. The highest BCUT2D eigenvalue weighted by Gasteiger charge is 2.13. The van der Waals surface area contributed by atoms with Gasteiger partial charge in [-0.25, -0.2) is 9.98 Å². The van der Waals surface area contributed by atoms with Crippen LogP contribution in [0, 0.1) is 0 Å². The summed E-state index contributed by atoms with van der Waals surface area (Å²) in [4.78, 5) is 13.8. The van der Waals surface area contributed by atoms with Crippen molar-refractivity contribution in [2.24, 2.45) is 4.99 Å². The molecule has 0 amide bonds. The number of rotatable bonds is 8. The Hall–Kier alpha value is -1.42. The van der Waals surface area contributed by atoms with E-state index in [1.165, 1.54) is 11.1 Å². The van der Waals surface area contributed by atoms with Crippen LogP contribution < -0.4 is 10.6 Å². The van der Waals surface area contributed by atoms with E-state index in [2.05, 4.69) is 63.7 Å². The van der Waals surface area contributed by atoms with Crippen molar-refractivity contribution in [3.05, 3.63) is 64.4 Å². The third-order valence-corrected chi connectivity index (χ3v) is 5.51. The predicted molar refractivity (Wildman–Crippen MR) is 140 cm³/mol. The van der Waals surface area contributed by atoms with Crippen molar-refractivity contribution in [1.82, 2.24) is 25.4 Å². The number of hydrogen-bond donors (Lipinski definition) is 2. The summed E-state index contributed by atoms with van der Waals surface area (Å²) in [6.45, 7) is 9.99. The third kappa shape index (κ3) is 9.31. The van der Waals surface area contributed by atoms with Gasteiger partial charge in [0.15, 0.2) is 5.96 Å². The first-order valence-electron chi connectivity index (χ1n) is 10.7. The highest BCUT2D eigenvalue weighted by molar-refractivity contribution is 14.0. The molecule has 1 aromatic carbocycles. The van der Waals surface area contributed by atoms with Gasteiger partial charge in [0, 0.05) is 52.0 Å². The molecule has 31 heavy (non-hydrogen) atoms. The molecule has 0 aliphatic carbocycles. The van der Waals surface area contributed by atoms with Gasteiger partial charge in [0.05, 0.1) is 6.54 Å². The molecule has 1 aromatic heterocycles. The Bertz CT molecular complexity index is 789. The smallest absolute Gasteiger partial charge is 0.191 e. The van der Waals surface area contributed by atoms with Gasteiger partial charge in [0.25, 0.3) is 0 Å². The molecule has 2 heterocycles. The van der Waals surface area contributed by atoms with Crippen molar-refractivity contribution in [1.29, 1.82) is 0 Å². The van der Waals surface area contributed by atoms with E-state index in [4.69, 9.17) is 16.6 Å². The molecule has 0 radical (unpaired) electrons. The minimum Gasteiger partial charge on any atom is -0.357 e. The van der Waals surface area contributed by atoms with E-state index in [0.717, 1.165) is 63.8 Å². The molecule has 8 heteroatoms. The van der Waals surface area contributed by atoms with Gasteiger partial charge in [-0.2, -0.15) is 0 Å². The molecule has 1 aliphatic rings. The average molecular weight is 557 g/mol. The van der Waals surface area contributed by atoms with E-state index in [1.54, 1.807) is 0 Å². The molecule has 0 spiro atoms. The summed E-state index contributed by atoms with van der Waals surface area (Å²) in [6.07, 6.45) is 2.69. The predicted octanol–water partition coefficient (Wildman–Crippen LogP) is 3.40. The van der Waals surface area contributed by atoms with Crippen LogP contribution in [0.5, 0.6) is 0 Å². The number of guanidine groups is 1. The lowest BCUT2D eigenvalue weighted by molar-refractivity contribution is 0.148. The van der Waals surface area contributed by atoms with Gasteiger partial charge in [-0.05, 0) is 43.1 Å². The standard InChI is InChI=1S/C23H33ClN6.HI/c1-3-25-23(26-11-10-20-8-9-22(24)27-16-20)28-17-19-4-6-21(7-5-19)18-30-14-12-29(2)13-15-30;/h4-9,16H,3,10-15,17-18H2,1-2H3,(H2,25,26,28);1H.